The van der Waals surface area contributed by atoms with Crippen LogP contribution >= 0.6 is 11.3 Å². The predicted octanol–water partition coefficient (Wildman–Crippen LogP) is 4.18. The van der Waals surface area contributed by atoms with E-state index in [1.807, 2.05) is 18.2 Å². The third-order valence-corrected chi connectivity index (χ3v) is 5.65. The molecule has 126 valence electrons. The van der Waals surface area contributed by atoms with Gasteiger partial charge in [-0.2, -0.15) is 0 Å². The summed E-state index contributed by atoms with van der Waals surface area (Å²) in [6, 6.07) is 16.8. The second-order valence-electron chi connectivity index (χ2n) is 6.84. The largest absolute Gasteiger partial charge is 0.300 e. The van der Waals surface area contributed by atoms with Crippen molar-refractivity contribution < 1.29 is 4.79 Å². The molecule has 0 spiro atoms. The van der Waals surface area contributed by atoms with E-state index in [9.17, 15) is 4.79 Å². The fraction of sp³-hybridized carbons (Fsp3) is 0.250. The van der Waals surface area contributed by atoms with Crippen LogP contribution in [0.1, 0.15) is 35.1 Å². The van der Waals surface area contributed by atoms with Crippen molar-refractivity contribution in [3.05, 3.63) is 76.3 Å². The van der Waals surface area contributed by atoms with Gasteiger partial charge >= 0.3 is 0 Å². The van der Waals surface area contributed by atoms with Crippen molar-refractivity contribution in [1.82, 2.24) is 10.2 Å². The van der Waals surface area contributed by atoms with Gasteiger partial charge in [-0.05, 0) is 37.0 Å². The van der Waals surface area contributed by atoms with Gasteiger partial charge in [0.15, 0.2) is 0 Å². The van der Waals surface area contributed by atoms with Gasteiger partial charge in [0.25, 0.3) is 0 Å². The van der Waals surface area contributed by atoms with Gasteiger partial charge < -0.3 is 5.32 Å². The normalized spacial score (nSPS) is 21.8. The first-order valence-electron chi connectivity index (χ1n) is 8.30. The van der Waals surface area contributed by atoms with E-state index in [0.717, 1.165) is 0 Å². The molecular formula is C20H19N3OS. The molecule has 1 amide bonds. The van der Waals surface area contributed by atoms with Gasteiger partial charge in [-0.15, -0.1) is 10.2 Å². The number of amides is 1. The Morgan fingerprint density at radius 1 is 1.24 bits per heavy atom. The van der Waals surface area contributed by atoms with Crippen LogP contribution in [-0.4, -0.2) is 16.1 Å². The van der Waals surface area contributed by atoms with E-state index in [1.165, 1.54) is 33.6 Å². The highest BCUT2D eigenvalue weighted by atomic mass is 32.1. The van der Waals surface area contributed by atoms with Crippen molar-refractivity contribution in [3.63, 3.8) is 0 Å². The molecule has 25 heavy (non-hydrogen) atoms. The molecule has 1 aromatic heterocycles. The molecule has 1 heterocycles. The lowest BCUT2D eigenvalue weighted by molar-refractivity contribution is -0.125. The zero-order valence-corrected chi connectivity index (χ0v) is 15.0. The van der Waals surface area contributed by atoms with Crippen LogP contribution in [0.2, 0.25) is 0 Å². The lowest BCUT2D eigenvalue weighted by Crippen LogP contribution is -2.37. The Morgan fingerprint density at radius 3 is 2.76 bits per heavy atom. The maximum Gasteiger partial charge on any atom is 0.233 e. The topological polar surface area (TPSA) is 54.9 Å². The fourth-order valence-corrected chi connectivity index (χ4v) is 4.30. The van der Waals surface area contributed by atoms with Crippen LogP contribution in [0.15, 0.2) is 54.0 Å². The SMILES string of the molecule is Cc1ccc2c(c1)[C@@H](c1ccccc1)[C@@](C)(C(=O)Nc1nncs1)C2. The highest BCUT2D eigenvalue weighted by Crippen LogP contribution is 2.51. The van der Waals surface area contributed by atoms with Crippen LogP contribution in [0.4, 0.5) is 5.13 Å². The van der Waals surface area contributed by atoms with E-state index >= 15 is 0 Å². The summed E-state index contributed by atoms with van der Waals surface area (Å²) in [5, 5.41) is 11.3. The first-order chi connectivity index (χ1) is 12.1. The van der Waals surface area contributed by atoms with E-state index in [2.05, 4.69) is 59.7 Å². The zero-order valence-electron chi connectivity index (χ0n) is 14.2. The van der Waals surface area contributed by atoms with Crippen molar-refractivity contribution in [3.8, 4) is 0 Å². The summed E-state index contributed by atoms with van der Waals surface area (Å²) in [7, 11) is 0. The zero-order chi connectivity index (χ0) is 17.4. The van der Waals surface area contributed by atoms with Gasteiger partial charge in [0.05, 0.1) is 5.41 Å². The lowest BCUT2D eigenvalue weighted by atomic mass is 9.73. The van der Waals surface area contributed by atoms with E-state index in [-0.39, 0.29) is 11.8 Å². The van der Waals surface area contributed by atoms with E-state index in [0.29, 0.717) is 11.6 Å². The fourth-order valence-electron chi connectivity index (χ4n) is 3.86. The summed E-state index contributed by atoms with van der Waals surface area (Å²) >= 11 is 1.34. The quantitative estimate of drug-likeness (QED) is 0.772. The first kappa shape index (κ1) is 16.0. The van der Waals surface area contributed by atoms with Crippen LogP contribution in [0, 0.1) is 12.3 Å². The van der Waals surface area contributed by atoms with Gasteiger partial charge in [0.1, 0.15) is 5.51 Å². The number of carbonyl (C=O) groups excluding carboxylic acids is 1. The standard InChI is InChI=1S/C20H19N3OS/c1-13-8-9-15-11-20(2,18(24)22-19-23-21-12-25-19)17(16(15)10-13)14-6-4-3-5-7-14/h3-10,12,17H,11H2,1-2H3,(H,22,23,24)/t17-,20+/m1/s1. The highest BCUT2D eigenvalue weighted by molar-refractivity contribution is 7.13. The molecule has 1 aliphatic rings. The summed E-state index contributed by atoms with van der Waals surface area (Å²) in [6.07, 6.45) is 0.715. The number of fused-ring (bicyclic) bond motifs is 1. The van der Waals surface area contributed by atoms with Gasteiger partial charge in [-0.1, -0.05) is 65.4 Å². The van der Waals surface area contributed by atoms with Crippen LogP contribution in [0.5, 0.6) is 0 Å². The molecule has 0 bridgehead atoms. The molecule has 1 aliphatic carbocycles. The number of anilines is 1. The van der Waals surface area contributed by atoms with Gasteiger partial charge in [-0.25, -0.2) is 0 Å². The Balaban J connectivity index is 1.79. The summed E-state index contributed by atoms with van der Waals surface area (Å²) in [5.41, 5.74) is 5.94. The predicted molar refractivity (Wildman–Crippen MR) is 99.8 cm³/mol. The molecule has 0 unspecified atom stereocenters. The highest BCUT2D eigenvalue weighted by Gasteiger charge is 2.48. The maximum atomic E-state index is 13.2. The van der Waals surface area contributed by atoms with Gasteiger partial charge in [0, 0.05) is 5.92 Å². The summed E-state index contributed by atoms with van der Waals surface area (Å²) in [4.78, 5) is 13.2. The molecule has 0 saturated carbocycles. The van der Waals surface area contributed by atoms with E-state index in [1.54, 1.807) is 5.51 Å². The molecule has 1 N–H and O–H groups in total. The molecular weight excluding hydrogens is 330 g/mol. The van der Waals surface area contributed by atoms with E-state index in [4.69, 9.17) is 0 Å². The molecule has 0 saturated heterocycles. The number of aryl methyl sites for hydroxylation is 1. The number of hydrogen-bond acceptors (Lipinski definition) is 4. The van der Waals surface area contributed by atoms with Crippen molar-refractivity contribution in [2.24, 2.45) is 5.41 Å². The molecule has 4 rings (SSSR count). The maximum absolute atomic E-state index is 13.2. The molecule has 0 aliphatic heterocycles. The van der Waals surface area contributed by atoms with Crippen molar-refractivity contribution >= 4 is 22.4 Å². The third-order valence-electron chi connectivity index (χ3n) is 5.04. The van der Waals surface area contributed by atoms with Crippen molar-refractivity contribution in [2.45, 2.75) is 26.2 Å². The average Bonchev–Trinajstić information content (AvgIpc) is 3.21. The second kappa shape index (κ2) is 6.08. The van der Waals surface area contributed by atoms with Gasteiger partial charge in [0.2, 0.25) is 11.0 Å². The summed E-state index contributed by atoms with van der Waals surface area (Å²) < 4.78 is 0. The average molecular weight is 349 g/mol. The first-order valence-corrected chi connectivity index (χ1v) is 9.18. The number of nitrogens with zero attached hydrogens (tertiary/aromatic N) is 2. The Kier molecular flexibility index (Phi) is 3.88. The number of aromatic nitrogens is 2. The number of rotatable bonds is 3. The minimum absolute atomic E-state index is 0.00745. The third kappa shape index (κ3) is 2.74. The van der Waals surface area contributed by atoms with Crippen LogP contribution in [-0.2, 0) is 11.2 Å². The molecule has 2 atom stereocenters. The Hall–Kier alpha value is -2.53. The molecule has 0 fully saturated rings. The second-order valence-corrected chi connectivity index (χ2v) is 7.67. The summed E-state index contributed by atoms with van der Waals surface area (Å²) in [6.45, 7) is 4.15. The Labute approximate surface area is 150 Å². The van der Waals surface area contributed by atoms with Crippen LogP contribution in [0.25, 0.3) is 0 Å². The van der Waals surface area contributed by atoms with E-state index < -0.39 is 5.41 Å². The molecule has 3 aromatic rings. The monoisotopic (exact) mass is 349 g/mol. The van der Waals surface area contributed by atoms with Gasteiger partial charge in [-0.3, -0.25) is 4.79 Å². The minimum Gasteiger partial charge on any atom is -0.300 e. The lowest BCUT2D eigenvalue weighted by Gasteiger charge is -2.30. The Morgan fingerprint density at radius 2 is 2.04 bits per heavy atom. The van der Waals surface area contributed by atoms with Crippen molar-refractivity contribution in [1.29, 1.82) is 0 Å². The van der Waals surface area contributed by atoms with Crippen LogP contribution in [0.3, 0.4) is 0 Å². The molecule has 2 aromatic carbocycles. The smallest absolute Gasteiger partial charge is 0.233 e. The number of carbonyl (C=O) groups is 1. The molecule has 5 heteroatoms. The Bertz CT molecular complexity index is 908. The minimum atomic E-state index is -0.566. The molecule has 0 radical (unpaired) electrons. The number of hydrogen-bond donors (Lipinski definition) is 1. The molecule has 4 nitrogen and oxygen atoms in total. The summed E-state index contributed by atoms with van der Waals surface area (Å²) in [5.74, 6) is 0.0171. The van der Waals surface area contributed by atoms with Crippen LogP contribution < -0.4 is 5.32 Å². The number of benzene rings is 2. The number of nitrogens with one attached hydrogen (secondary N) is 1. The van der Waals surface area contributed by atoms with Crippen molar-refractivity contribution in [2.75, 3.05) is 5.32 Å².